The largest absolute Gasteiger partial charge is 0.342 e. The fraction of sp³-hybridized carbons (Fsp3) is 0.611. The number of sulfonamides is 1. The topological polar surface area (TPSA) is 57.7 Å². The summed E-state index contributed by atoms with van der Waals surface area (Å²) in [6, 6.07) is 3.20. The lowest BCUT2D eigenvalue weighted by molar-refractivity contribution is -0.134. The van der Waals surface area contributed by atoms with Crippen LogP contribution in [0.2, 0.25) is 0 Å². The summed E-state index contributed by atoms with van der Waals surface area (Å²) in [5.41, 5.74) is 2.53. The van der Waals surface area contributed by atoms with Gasteiger partial charge < -0.3 is 4.90 Å². The van der Waals surface area contributed by atoms with Crippen LogP contribution in [0, 0.1) is 20.8 Å². The van der Waals surface area contributed by atoms with E-state index in [0.29, 0.717) is 31.0 Å². The van der Waals surface area contributed by atoms with Gasteiger partial charge in [-0.25, -0.2) is 8.42 Å². The van der Waals surface area contributed by atoms with E-state index >= 15 is 0 Å². The van der Waals surface area contributed by atoms with E-state index in [0.717, 1.165) is 23.1 Å². The Labute approximate surface area is 145 Å². The number of benzene rings is 1. The maximum absolute atomic E-state index is 13.3. The van der Waals surface area contributed by atoms with E-state index in [4.69, 9.17) is 0 Å². The molecule has 1 atom stereocenters. The van der Waals surface area contributed by atoms with Crippen LogP contribution in [0.1, 0.15) is 43.4 Å². The van der Waals surface area contributed by atoms with Crippen LogP contribution in [0.3, 0.4) is 0 Å². The number of hydrogen-bond donors (Lipinski definition) is 0. The maximum atomic E-state index is 13.3. The first-order valence-corrected chi connectivity index (χ1v) is 10.1. The van der Waals surface area contributed by atoms with Crippen molar-refractivity contribution in [2.24, 2.45) is 0 Å². The average Bonchev–Trinajstić information content (AvgIpc) is 2.97. The third kappa shape index (κ3) is 3.35. The summed E-state index contributed by atoms with van der Waals surface area (Å²) in [6.45, 7) is 11.1. The van der Waals surface area contributed by atoms with Crippen molar-refractivity contribution < 1.29 is 13.2 Å². The van der Waals surface area contributed by atoms with Gasteiger partial charge in [0.15, 0.2) is 0 Å². The number of amides is 1. The third-order valence-electron chi connectivity index (χ3n) is 4.74. The number of rotatable bonds is 5. The van der Waals surface area contributed by atoms with E-state index in [1.54, 1.807) is 4.90 Å². The molecule has 1 amide bonds. The van der Waals surface area contributed by atoms with Gasteiger partial charge in [0, 0.05) is 19.6 Å². The molecule has 0 spiro atoms. The second-order valence-electron chi connectivity index (χ2n) is 6.51. The van der Waals surface area contributed by atoms with Crippen LogP contribution in [-0.4, -0.2) is 49.2 Å². The van der Waals surface area contributed by atoms with Gasteiger partial charge in [0.25, 0.3) is 0 Å². The molecule has 0 radical (unpaired) electrons. The van der Waals surface area contributed by atoms with E-state index in [-0.39, 0.29) is 5.91 Å². The SMILES string of the molecule is CCN(CC)C(=O)C1CCCN1S(=O)(=O)c1c(C)cc(C)cc1C. The minimum Gasteiger partial charge on any atom is -0.342 e. The van der Waals surface area contributed by atoms with Crippen LogP contribution in [0.25, 0.3) is 0 Å². The molecule has 0 saturated carbocycles. The highest BCUT2D eigenvalue weighted by molar-refractivity contribution is 7.89. The zero-order valence-electron chi connectivity index (χ0n) is 15.3. The molecule has 0 bridgehead atoms. The van der Waals surface area contributed by atoms with Gasteiger partial charge in [0.2, 0.25) is 15.9 Å². The van der Waals surface area contributed by atoms with Crippen molar-refractivity contribution in [1.29, 1.82) is 0 Å². The van der Waals surface area contributed by atoms with E-state index in [9.17, 15) is 13.2 Å². The van der Waals surface area contributed by atoms with Crippen LogP contribution in [-0.2, 0) is 14.8 Å². The van der Waals surface area contributed by atoms with Gasteiger partial charge in [-0.15, -0.1) is 0 Å². The summed E-state index contributed by atoms with van der Waals surface area (Å²) >= 11 is 0. The van der Waals surface area contributed by atoms with E-state index in [1.165, 1.54) is 4.31 Å². The number of likely N-dealkylation sites (N-methyl/N-ethyl adjacent to an activating group) is 1. The summed E-state index contributed by atoms with van der Waals surface area (Å²) in [5.74, 6) is -0.0801. The van der Waals surface area contributed by atoms with Crippen LogP contribution < -0.4 is 0 Å². The smallest absolute Gasteiger partial charge is 0.244 e. The van der Waals surface area contributed by atoms with Gasteiger partial charge in [-0.2, -0.15) is 4.31 Å². The zero-order valence-corrected chi connectivity index (χ0v) is 16.1. The molecule has 1 aliphatic heterocycles. The van der Waals surface area contributed by atoms with Crippen molar-refractivity contribution >= 4 is 15.9 Å². The first-order chi connectivity index (χ1) is 11.2. The summed E-state index contributed by atoms with van der Waals surface area (Å²) < 4.78 is 27.9. The minimum absolute atomic E-state index is 0.0801. The van der Waals surface area contributed by atoms with E-state index < -0.39 is 16.1 Å². The molecule has 6 heteroatoms. The van der Waals surface area contributed by atoms with Crippen molar-refractivity contribution in [1.82, 2.24) is 9.21 Å². The number of nitrogens with zero attached hydrogens (tertiary/aromatic N) is 2. The molecule has 1 aliphatic rings. The molecule has 1 aromatic rings. The monoisotopic (exact) mass is 352 g/mol. The van der Waals surface area contributed by atoms with Crippen LogP contribution in [0.4, 0.5) is 0 Å². The fourth-order valence-electron chi connectivity index (χ4n) is 3.71. The first-order valence-electron chi connectivity index (χ1n) is 8.62. The Balaban J connectivity index is 2.44. The van der Waals surface area contributed by atoms with Gasteiger partial charge in [0.1, 0.15) is 6.04 Å². The van der Waals surface area contributed by atoms with Crippen molar-refractivity contribution in [3.05, 3.63) is 28.8 Å². The van der Waals surface area contributed by atoms with Gasteiger partial charge in [-0.1, -0.05) is 17.7 Å². The van der Waals surface area contributed by atoms with E-state index in [2.05, 4.69) is 0 Å². The third-order valence-corrected chi connectivity index (χ3v) is 6.95. The van der Waals surface area contributed by atoms with Crippen LogP contribution >= 0.6 is 0 Å². The highest BCUT2D eigenvalue weighted by atomic mass is 32.2. The molecule has 0 aromatic heterocycles. The molecule has 1 saturated heterocycles. The second-order valence-corrected chi connectivity index (χ2v) is 8.34. The summed E-state index contributed by atoms with van der Waals surface area (Å²) in [6.07, 6.45) is 1.32. The van der Waals surface area contributed by atoms with Gasteiger partial charge in [0.05, 0.1) is 4.90 Å². The van der Waals surface area contributed by atoms with Crippen LogP contribution in [0.5, 0.6) is 0 Å². The normalized spacial score (nSPS) is 18.8. The molecular formula is C18H28N2O3S. The maximum Gasteiger partial charge on any atom is 0.244 e. The molecule has 2 rings (SSSR count). The molecular weight excluding hydrogens is 324 g/mol. The Morgan fingerprint density at radius 2 is 1.71 bits per heavy atom. The lowest BCUT2D eigenvalue weighted by Gasteiger charge is -2.29. The van der Waals surface area contributed by atoms with Gasteiger partial charge in [-0.3, -0.25) is 4.79 Å². The molecule has 5 nitrogen and oxygen atoms in total. The Morgan fingerprint density at radius 1 is 1.17 bits per heavy atom. The predicted octanol–water partition coefficient (Wildman–Crippen LogP) is 2.63. The molecule has 134 valence electrons. The lowest BCUT2D eigenvalue weighted by Crippen LogP contribution is -2.47. The molecule has 0 aliphatic carbocycles. The van der Waals surface area contributed by atoms with Crippen LogP contribution in [0.15, 0.2) is 17.0 Å². The standard InChI is InChI=1S/C18H28N2O3S/c1-6-19(7-2)18(21)16-9-8-10-20(16)24(22,23)17-14(4)11-13(3)12-15(17)5/h11-12,16H,6-10H2,1-5H3. The molecule has 1 aromatic carbocycles. The summed E-state index contributed by atoms with van der Waals surface area (Å²) in [7, 11) is -3.68. The molecule has 24 heavy (non-hydrogen) atoms. The van der Waals surface area contributed by atoms with Gasteiger partial charge in [-0.05, 0) is 58.6 Å². The predicted molar refractivity (Wildman–Crippen MR) is 95.5 cm³/mol. The number of carbonyl (C=O) groups is 1. The quantitative estimate of drug-likeness (QED) is 0.818. The van der Waals surface area contributed by atoms with E-state index in [1.807, 2.05) is 46.8 Å². The fourth-order valence-corrected chi connectivity index (χ4v) is 5.78. The highest BCUT2D eigenvalue weighted by Gasteiger charge is 2.41. The Hall–Kier alpha value is -1.40. The summed E-state index contributed by atoms with van der Waals surface area (Å²) in [5, 5.41) is 0. The van der Waals surface area contributed by atoms with Crippen molar-refractivity contribution in [3.8, 4) is 0 Å². The van der Waals surface area contributed by atoms with Crippen molar-refractivity contribution in [2.75, 3.05) is 19.6 Å². The number of hydrogen-bond acceptors (Lipinski definition) is 3. The summed E-state index contributed by atoms with van der Waals surface area (Å²) in [4.78, 5) is 14.8. The first kappa shape index (κ1) is 18.9. The Morgan fingerprint density at radius 3 is 2.21 bits per heavy atom. The average molecular weight is 353 g/mol. The number of aryl methyl sites for hydroxylation is 3. The second kappa shape index (κ2) is 7.23. The number of carbonyl (C=O) groups excluding carboxylic acids is 1. The molecule has 0 N–H and O–H groups in total. The molecule has 1 heterocycles. The van der Waals surface area contributed by atoms with Gasteiger partial charge >= 0.3 is 0 Å². The Bertz CT molecular complexity index is 701. The Kier molecular flexibility index (Phi) is 5.71. The minimum atomic E-state index is -3.68. The van der Waals surface area contributed by atoms with Crippen molar-refractivity contribution in [2.45, 2.75) is 58.4 Å². The zero-order chi connectivity index (χ0) is 18.1. The lowest BCUT2D eigenvalue weighted by atomic mass is 10.1. The highest BCUT2D eigenvalue weighted by Crippen LogP contribution is 2.31. The molecule has 1 fully saturated rings. The molecule has 1 unspecified atom stereocenters. The van der Waals surface area contributed by atoms with Crippen molar-refractivity contribution in [3.63, 3.8) is 0 Å².